The van der Waals surface area contributed by atoms with Gasteiger partial charge in [0.15, 0.2) is 0 Å². The molecule has 1 aliphatic rings. The van der Waals surface area contributed by atoms with Crippen molar-refractivity contribution in [2.24, 2.45) is 0 Å². The highest BCUT2D eigenvalue weighted by Gasteiger charge is 2.42. The molecule has 0 N–H and O–H groups in total. The highest BCUT2D eigenvalue weighted by Crippen LogP contribution is 2.45. The molecule has 1 unspecified atom stereocenters. The fraction of sp³-hybridized carbons (Fsp3) is 0.308. The summed E-state index contributed by atoms with van der Waals surface area (Å²) in [6.45, 7) is 6.92. The minimum absolute atomic E-state index is 0.0379. The molecule has 0 saturated heterocycles. The number of benzene rings is 2. The Labute approximate surface area is 212 Å². The quantitative estimate of drug-likeness (QED) is 0.257. The molecule has 0 spiro atoms. The van der Waals surface area contributed by atoms with E-state index in [0.717, 1.165) is 0 Å². The molecule has 0 radical (unpaired) electrons. The van der Waals surface area contributed by atoms with Gasteiger partial charge in [0, 0.05) is 23.0 Å². The maximum absolute atomic E-state index is 13.6. The molecule has 3 aromatic rings. The van der Waals surface area contributed by atoms with Gasteiger partial charge < -0.3 is 14.4 Å². The van der Waals surface area contributed by atoms with E-state index in [1.807, 2.05) is 0 Å². The van der Waals surface area contributed by atoms with Crippen molar-refractivity contribution in [2.45, 2.75) is 46.3 Å². The molecule has 4 rings (SSSR count). The van der Waals surface area contributed by atoms with Gasteiger partial charge in [0.25, 0.3) is 5.69 Å². The standard InChI is InChI=1S/C26H26N4O7/c1-14(2)36-26(32)22-16(4)29(13-17-9-6-7-12-20(17)30(33)34)15(3)21(25(31)35-5)23(22)18-10-8-11-19-24(18)28-37-27-19/h6-12,14,23H,13H2,1-5H3. The summed E-state index contributed by atoms with van der Waals surface area (Å²) in [5.74, 6) is -2.20. The second-order valence-corrected chi connectivity index (χ2v) is 8.83. The van der Waals surface area contributed by atoms with Crippen LogP contribution >= 0.6 is 0 Å². The molecule has 11 nitrogen and oxygen atoms in total. The molecular formula is C26H26N4O7. The average Bonchev–Trinajstić information content (AvgIpc) is 3.34. The van der Waals surface area contributed by atoms with E-state index in [2.05, 4.69) is 10.3 Å². The number of fused-ring (bicyclic) bond motifs is 1. The first-order valence-electron chi connectivity index (χ1n) is 11.6. The third-order valence-corrected chi connectivity index (χ3v) is 6.28. The number of rotatable bonds is 7. The van der Waals surface area contributed by atoms with Gasteiger partial charge >= 0.3 is 11.9 Å². The van der Waals surface area contributed by atoms with E-state index in [4.69, 9.17) is 14.1 Å². The van der Waals surface area contributed by atoms with Crippen molar-refractivity contribution in [3.05, 3.63) is 86.2 Å². The topological polar surface area (TPSA) is 138 Å². The summed E-state index contributed by atoms with van der Waals surface area (Å²) in [5, 5.41) is 19.6. The number of allylic oxidation sites excluding steroid dienone is 2. The molecule has 1 aromatic heterocycles. The van der Waals surface area contributed by atoms with Gasteiger partial charge in [0.2, 0.25) is 0 Å². The second-order valence-electron chi connectivity index (χ2n) is 8.83. The van der Waals surface area contributed by atoms with Crippen LogP contribution in [-0.2, 0) is 25.6 Å². The summed E-state index contributed by atoms with van der Waals surface area (Å²) >= 11 is 0. The predicted octanol–water partition coefficient (Wildman–Crippen LogP) is 4.40. The van der Waals surface area contributed by atoms with Crippen LogP contribution in [-0.4, -0.2) is 45.3 Å². The lowest BCUT2D eigenvalue weighted by Gasteiger charge is -2.38. The lowest BCUT2D eigenvalue weighted by atomic mass is 9.79. The Morgan fingerprint density at radius 1 is 1.05 bits per heavy atom. The number of carbonyl (C=O) groups is 2. The lowest BCUT2D eigenvalue weighted by molar-refractivity contribution is -0.385. The summed E-state index contributed by atoms with van der Waals surface area (Å²) in [5.41, 5.74) is 3.01. The van der Waals surface area contributed by atoms with Gasteiger partial charge in [-0.3, -0.25) is 10.1 Å². The van der Waals surface area contributed by atoms with Crippen LogP contribution in [0.25, 0.3) is 11.0 Å². The molecule has 11 heteroatoms. The van der Waals surface area contributed by atoms with Crippen molar-refractivity contribution in [2.75, 3.05) is 7.11 Å². The van der Waals surface area contributed by atoms with Gasteiger partial charge in [-0.2, -0.15) is 0 Å². The highest BCUT2D eigenvalue weighted by atomic mass is 16.6. The minimum Gasteiger partial charge on any atom is -0.466 e. The normalized spacial score (nSPS) is 15.9. The van der Waals surface area contributed by atoms with E-state index in [-0.39, 0.29) is 23.4 Å². The molecule has 1 aliphatic heterocycles. The van der Waals surface area contributed by atoms with Crippen LogP contribution < -0.4 is 0 Å². The fourth-order valence-corrected chi connectivity index (χ4v) is 4.62. The Morgan fingerprint density at radius 2 is 1.73 bits per heavy atom. The number of methoxy groups -OCH3 is 1. The molecule has 0 fully saturated rings. The van der Waals surface area contributed by atoms with E-state index < -0.39 is 28.9 Å². The van der Waals surface area contributed by atoms with Crippen molar-refractivity contribution in [3.63, 3.8) is 0 Å². The van der Waals surface area contributed by atoms with Gasteiger partial charge in [-0.1, -0.05) is 30.3 Å². The summed E-state index contributed by atoms with van der Waals surface area (Å²) < 4.78 is 15.7. The van der Waals surface area contributed by atoms with Gasteiger partial charge in [0.05, 0.1) is 41.7 Å². The zero-order valence-electron chi connectivity index (χ0n) is 21.0. The fourth-order valence-electron chi connectivity index (χ4n) is 4.62. The van der Waals surface area contributed by atoms with E-state index in [9.17, 15) is 19.7 Å². The number of carbonyl (C=O) groups excluding carboxylic acids is 2. The highest BCUT2D eigenvalue weighted by molar-refractivity contribution is 6.01. The van der Waals surface area contributed by atoms with Gasteiger partial charge in [0.1, 0.15) is 11.0 Å². The van der Waals surface area contributed by atoms with Gasteiger partial charge in [-0.15, -0.1) is 0 Å². The number of ether oxygens (including phenoxy) is 2. The van der Waals surface area contributed by atoms with Gasteiger partial charge in [-0.05, 0) is 49.6 Å². The first-order chi connectivity index (χ1) is 17.6. The van der Waals surface area contributed by atoms with Crippen LogP contribution in [0.3, 0.4) is 0 Å². The lowest BCUT2D eigenvalue weighted by Crippen LogP contribution is -2.35. The molecule has 2 heterocycles. The molecule has 0 saturated carbocycles. The Morgan fingerprint density at radius 3 is 2.38 bits per heavy atom. The monoisotopic (exact) mass is 506 g/mol. The van der Waals surface area contributed by atoms with Crippen molar-refractivity contribution >= 4 is 28.7 Å². The smallest absolute Gasteiger partial charge is 0.337 e. The van der Waals surface area contributed by atoms with Crippen molar-refractivity contribution in [1.29, 1.82) is 0 Å². The van der Waals surface area contributed by atoms with Crippen LogP contribution in [0.1, 0.15) is 44.7 Å². The first kappa shape index (κ1) is 25.5. The van der Waals surface area contributed by atoms with Crippen molar-refractivity contribution in [1.82, 2.24) is 15.2 Å². The van der Waals surface area contributed by atoms with Crippen LogP contribution in [0.4, 0.5) is 5.69 Å². The summed E-state index contributed by atoms with van der Waals surface area (Å²) in [7, 11) is 1.25. The summed E-state index contributed by atoms with van der Waals surface area (Å²) in [6.07, 6.45) is -0.435. The molecular weight excluding hydrogens is 480 g/mol. The van der Waals surface area contributed by atoms with Crippen LogP contribution in [0.2, 0.25) is 0 Å². The third-order valence-electron chi connectivity index (χ3n) is 6.28. The third kappa shape index (κ3) is 4.67. The molecule has 192 valence electrons. The average molecular weight is 507 g/mol. The number of hydrogen-bond acceptors (Lipinski definition) is 10. The number of nitro benzene ring substituents is 1. The number of para-hydroxylation sites is 1. The Balaban J connectivity index is 1.98. The van der Waals surface area contributed by atoms with E-state index in [1.165, 1.54) is 13.2 Å². The molecule has 37 heavy (non-hydrogen) atoms. The maximum Gasteiger partial charge on any atom is 0.337 e. The van der Waals surface area contributed by atoms with Gasteiger partial charge in [-0.25, -0.2) is 14.2 Å². The van der Waals surface area contributed by atoms with E-state index in [1.54, 1.807) is 69.0 Å². The molecule has 0 aliphatic carbocycles. The zero-order chi connectivity index (χ0) is 26.9. The molecule has 0 bridgehead atoms. The SMILES string of the molecule is COC(=O)C1=C(C)N(Cc2ccccc2[N+](=O)[O-])C(C)=C(C(=O)OC(C)C)C1c1cccc2nonc12. The van der Waals surface area contributed by atoms with E-state index in [0.29, 0.717) is 33.6 Å². The number of nitrogens with zero attached hydrogens (tertiary/aromatic N) is 4. The number of aromatic nitrogens is 2. The predicted molar refractivity (Wildman–Crippen MR) is 132 cm³/mol. The summed E-state index contributed by atoms with van der Waals surface area (Å²) in [6, 6.07) is 11.5. The zero-order valence-corrected chi connectivity index (χ0v) is 21.0. The largest absolute Gasteiger partial charge is 0.466 e. The summed E-state index contributed by atoms with van der Waals surface area (Å²) in [4.78, 5) is 39.7. The van der Waals surface area contributed by atoms with Crippen molar-refractivity contribution < 1.29 is 28.6 Å². The van der Waals surface area contributed by atoms with Crippen LogP contribution in [0.5, 0.6) is 0 Å². The Hall–Kier alpha value is -4.54. The second kappa shape index (κ2) is 10.2. The maximum atomic E-state index is 13.6. The minimum atomic E-state index is -0.906. The van der Waals surface area contributed by atoms with Crippen molar-refractivity contribution in [3.8, 4) is 0 Å². The molecule has 1 atom stereocenters. The molecule has 2 aromatic carbocycles. The first-order valence-corrected chi connectivity index (χ1v) is 11.6. The van der Waals surface area contributed by atoms with Crippen LogP contribution in [0, 0.1) is 10.1 Å². The van der Waals surface area contributed by atoms with E-state index >= 15 is 0 Å². The number of esters is 2. The molecule has 0 amide bonds. The van der Waals surface area contributed by atoms with Crippen LogP contribution in [0.15, 0.2) is 69.6 Å². The Kier molecular flexibility index (Phi) is 7.05. The number of nitro groups is 1. The Bertz CT molecular complexity index is 1450. The number of hydrogen-bond donors (Lipinski definition) is 0.